The summed E-state index contributed by atoms with van der Waals surface area (Å²) in [5.74, 6) is -0.913. The second-order valence-electron chi connectivity index (χ2n) is 14.7. The highest BCUT2D eigenvalue weighted by atomic mass is 31.2. The predicted octanol–water partition coefficient (Wildman–Crippen LogP) is 13.0. The van der Waals surface area contributed by atoms with E-state index >= 15 is 0 Å². The van der Waals surface area contributed by atoms with Crippen molar-refractivity contribution in [3.8, 4) is 0 Å². The second kappa shape index (κ2) is 38.5. The van der Waals surface area contributed by atoms with E-state index in [1.807, 2.05) is 0 Å². The first-order chi connectivity index (χ1) is 24.8. The van der Waals surface area contributed by atoms with E-state index < -0.39 is 32.5 Å². The highest BCUT2D eigenvalue weighted by Gasteiger charge is 2.22. The van der Waals surface area contributed by atoms with Gasteiger partial charge in [0.15, 0.2) is 6.10 Å². The normalized spacial score (nSPS) is 12.5. The molecule has 0 spiro atoms. The first-order valence-electron chi connectivity index (χ1n) is 21.5. The van der Waals surface area contributed by atoms with Crippen molar-refractivity contribution in [2.24, 2.45) is 0 Å². The number of phosphoric acid groups is 1. The summed E-state index contributed by atoms with van der Waals surface area (Å²) in [4.78, 5) is 42.7. The van der Waals surface area contributed by atoms with Crippen molar-refractivity contribution in [2.45, 2.75) is 232 Å². The summed E-state index contributed by atoms with van der Waals surface area (Å²) >= 11 is 0. The SMILES string of the molecule is CCCCCCCCCCCCCCCCCCCC/C=C/CCCC(=O)O[C@H](COC(=O)CCCCCCCCCCCC)COP(=O)(O)O. The topological polar surface area (TPSA) is 119 Å². The van der Waals surface area contributed by atoms with Gasteiger partial charge in [0.25, 0.3) is 0 Å². The molecular weight excluding hydrogens is 663 g/mol. The molecule has 0 rings (SSSR count). The van der Waals surface area contributed by atoms with E-state index in [0.717, 1.165) is 32.1 Å². The number of esters is 2. The van der Waals surface area contributed by atoms with E-state index in [9.17, 15) is 14.2 Å². The minimum absolute atomic E-state index is 0.169. The van der Waals surface area contributed by atoms with Gasteiger partial charge in [-0.3, -0.25) is 14.1 Å². The largest absolute Gasteiger partial charge is 0.469 e. The van der Waals surface area contributed by atoms with Crippen molar-refractivity contribution in [1.82, 2.24) is 0 Å². The molecule has 0 aromatic carbocycles. The molecule has 0 aliphatic rings. The minimum Gasteiger partial charge on any atom is -0.462 e. The molecule has 8 nitrogen and oxygen atoms in total. The Labute approximate surface area is 314 Å². The number of ether oxygens (including phenoxy) is 2. The monoisotopic (exact) mass is 745 g/mol. The van der Waals surface area contributed by atoms with Crippen LogP contribution in [0.5, 0.6) is 0 Å². The molecule has 0 saturated heterocycles. The van der Waals surface area contributed by atoms with Crippen molar-refractivity contribution in [3.05, 3.63) is 12.2 Å². The molecule has 2 N–H and O–H groups in total. The third-order valence-electron chi connectivity index (χ3n) is 9.53. The fourth-order valence-electron chi connectivity index (χ4n) is 6.32. The van der Waals surface area contributed by atoms with E-state index in [2.05, 4.69) is 30.5 Å². The third kappa shape index (κ3) is 41.4. The molecule has 0 heterocycles. The second-order valence-corrected chi connectivity index (χ2v) is 15.9. The summed E-state index contributed by atoms with van der Waals surface area (Å²) in [5.41, 5.74) is 0. The van der Waals surface area contributed by atoms with Crippen molar-refractivity contribution < 1.29 is 37.9 Å². The maximum absolute atomic E-state index is 12.4. The van der Waals surface area contributed by atoms with Crippen LogP contribution in [-0.2, 0) is 28.2 Å². The molecule has 9 heteroatoms. The Morgan fingerprint density at radius 3 is 1.25 bits per heavy atom. The Hall–Kier alpha value is -1.21. The summed E-state index contributed by atoms with van der Waals surface area (Å²) in [6.07, 6.45) is 42.5. The molecule has 0 radical (unpaired) electrons. The average Bonchev–Trinajstić information content (AvgIpc) is 3.10. The quantitative estimate of drug-likeness (QED) is 0.0275. The van der Waals surface area contributed by atoms with Crippen LogP contribution in [0, 0.1) is 0 Å². The van der Waals surface area contributed by atoms with Gasteiger partial charge in [-0.05, 0) is 32.1 Å². The number of hydrogen-bond donors (Lipinski definition) is 2. The van der Waals surface area contributed by atoms with Gasteiger partial charge in [-0.25, -0.2) is 4.57 Å². The van der Waals surface area contributed by atoms with Crippen LogP contribution >= 0.6 is 7.82 Å². The van der Waals surface area contributed by atoms with Gasteiger partial charge in [-0.1, -0.05) is 193 Å². The van der Waals surface area contributed by atoms with E-state index in [1.54, 1.807) is 0 Å². The Kier molecular flexibility index (Phi) is 37.6. The van der Waals surface area contributed by atoms with Crippen LogP contribution in [0.2, 0.25) is 0 Å². The zero-order chi connectivity index (χ0) is 37.5. The van der Waals surface area contributed by atoms with E-state index in [0.29, 0.717) is 6.42 Å². The lowest BCUT2D eigenvalue weighted by Crippen LogP contribution is -2.29. The Morgan fingerprint density at radius 1 is 0.490 bits per heavy atom. The molecule has 0 amide bonds. The number of carbonyl (C=O) groups excluding carboxylic acids is 2. The molecule has 0 saturated carbocycles. The lowest BCUT2D eigenvalue weighted by molar-refractivity contribution is -0.161. The molecule has 0 bridgehead atoms. The number of hydrogen-bond acceptors (Lipinski definition) is 6. The van der Waals surface area contributed by atoms with Gasteiger partial charge < -0.3 is 19.3 Å². The summed E-state index contributed by atoms with van der Waals surface area (Å²) in [7, 11) is -4.75. The third-order valence-corrected chi connectivity index (χ3v) is 10.0. The first-order valence-corrected chi connectivity index (χ1v) is 23.0. The minimum atomic E-state index is -4.75. The molecule has 0 fully saturated rings. The summed E-state index contributed by atoms with van der Waals surface area (Å²) < 4.78 is 26.3. The molecule has 0 aromatic rings. The zero-order valence-electron chi connectivity index (χ0n) is 33.3. The Balaban J connectivity index is 3.82. The van der Waals surface area contributed by atoms with E-state index in [1.165, 1.54) is 161 Å². The van der Waals surface area contributed by atoms with Crippen molar-refractivity contribution in [2.75, 3.05) is 13.2 Å². The number of carbonyl (C=O) groups is 2. The van der Waals surface area contributed by atoms with Gasteiger partial charge in [-0.2, -0.15) is 0 Å². The highest BCUT2D eigenvalue weighted by Crippen LogP contribution is 2.36. The van der Waals surface area contributed by atoms with Gasteiger partial charge >= 0.3 is 19.8 Å². The van der Waals surface area contributed by atoms with Crippen LogP contribution in [0.4, 0.5) is 0 Å². The van der Waals surface area contributed by atoms with Crippen molar-refractivity contribution in [1.29, 1.82) is 0 Å². The molecule has 1 atom stereocenters. The van der Waals surface area contributed by atoms with Crippen molar-refractivity contribution >= 4 is 19.8 Å². The van der Waals surface area contributed by atoms with Gasteiger partial charge in [0.05, 0.1) is 6.61 Å². The van der Waals surface area contributed by atoms with E-state index in [-0.39, 0.29) is 19.4 Å². The number of unbranched alkanes of at least 4 members (excludes halogenated alkanes) is 28. The lowest BCUT2D eigenvalue weighted by Gasteiger charge is -2.18. The lowest BCUT2D eigenvalue weighted by atomic mass is 10.0. The number of rotatable bonds is 40. The zero-order valence-corrected chi connectivity index (χ0v) is 34.2. The van der Waals surface area contributed by atoms with Gasteiger partial charge in [0.2, 0.25) is 0 Å². The predicted molar refractivity (Wildman–Crippen MR) is 212 cm³/mol. The van der Waals surface area contributed by atoms with Crippen LogP contribution < -0.4 is 0 Å². The van der Waals surface area contributed by atoms with Crippen LogP contribution in [-0.4, -0.2) is 41.0 Å². The fourth-order valence-corrected chi connectivity index (χ4v) is 6.68. The van der Waals surface area contributed by atoms with Crippen LogP contribution in [0.1, 0.15) is 226 Å². The number of phosphoric ester groups is 1. The smallest absolute Gasteiger partial charge is 0.462 e. The molecule has 0 aliphatic carbocycles. The van der Waals surface area contributed by atoms with Crippen LogP contribution in [0.15, 0.2) is 12.2 Å². The summed E-state index contributed by atoms with van der Waals surface area (Å²) in [6, 6.07) is 0. The van der Waals surface area contributed by atoms with Crippen molar-refractivity contribution in [3.63, 3.8) is 0 Å². The standard InChI is InChI=1S/C42H81O8P/c1-3-5-7-9-11-13-15-16-17-18-19-20-21-22-23-24-25-26-27-29-31-33-35-37-42(44)50-40(39-49-51(45,46)47)38-48-41(43)36-34-32-30-28-14-12-10-8-6-4-2/h29,31,40H,3-28,30,32-39H2,1-2H3,(H2,45,46,47)/b31-29+/t40-/m1/s1. The maximum atomic E-state index is 12.4. The number of allylic oxidation sites excluding steroid dienone is 2. The Bertz CT molecular complexity index is 843. The van der Waals surface area contributed by atoms with Crippen LogP contribution in [0.3, 0.4) is 0 Å². The summed E-state index contributed by atoms with van der Waals surface area (Å²) in [6.45, 7) is 3.67. The highest BCUT2D eigenvalue weighted by molar-refractivity contribution is 7.46. The van der Waals surface area contributed by atoms with E-state index in [4.69, 9.17) is 19.3 Å². The van der Waals surface area contributed by atoms with Crippen LogP contribution in [0.25, 0.3) is 0 Å². The molecule has 51 heavy (non-hydrogen) atoms. The molecule has 0 unspecified atom stereocenters. The van der Waals surface area contributed by atoms with Gasteiger partial charge in [0.1, 0.15) is 6.61 Å². The van der Waals surface area contributed by atoms with Gasteiger partial charge in [0, 0.05) is 12.8 Å². The van der Waals surface area contributed by atoms with Gasteiger partial charge in [-0.15, -0.1) is 0 Å². The first kappa shape index (κ1) is 49.8. The molecule has 0 aromatic heterocycles. The fraction of sp³-hybridized carbons (Fsp3) is 0.905. The average molecular weight is 745 g/mol. The Morgan fingerprint density at radius 2 is 0.843 bits per heavy atom. The molecule has 302 valence electrons. The molecular formula is C42H81O8P. The summed E-state index contributed by atoms with van der Waals surface area (Å²) in [5, 5.41) is 0. The molecule has 0 aliphatic heterocycles. The maximum Gasteiger partial charge on any atom is 0.469 e.